The second-order valence-corrected chi connectivity index (χ2v) is 8.14. The van der Waals surface area contributed by atoms with Gasteiger partial charge < -0.3 is 24.8 Å². The van der Waals surface area contributed by atoms with Crippen LogP contribution < -0.4 is 10.1 Å². The molecule has 0 saturated carbocycles. The van der Waals surface area contributed by atoms with Crippen molar-refractivity contribution in [3.05, 3.63) is 23.9 Å². The van der Waals surface area contributed by atoms with Crippen molar-refractivity contribution < 1.29 is 24.2 Å². The number of likely N-dealkylation sites (tertiary alicyclic amines) is 1. The molecule has 1 aliphatic rings. The van der Waals surface area contributed by atoms with Gasteiger partial charge in [-0.15, -0.1) is 0 Å². The van der Waals surface area contributed by atoms with Crippen LogP contribution in [0.4, 0.5) is 4.79 Å². The number of carbonyl (C=O) groups is 2. The van der Waals surface area contributed by atoms with E-state index in [1.54, 1.807) is 32.9 Å². The largest absolute Gasteiger partial charge is 0.475 e. The van der Waals surface area contributed by atoms with Gasteiger partial charge in [0.2, 0.25) is 5.88 Å². The summed E-state index contributed by atoms with van der Waals surface area (Å²) in [6.07, 6.45) is 1.21. The molecule has 1 aliphatic heterocycles. The number of hydrogen-bond acceptors (Lipinski definition) is 6. The maximum absolute atomic E-state index is 12.4. The lowest BCUT2D eigenvalue weighted by atomic mass is 10.1. The highest BCUT2D eigenvalue weighted by Gasteiger charge is 2.36. The zero-order valence-corrected chi connectivity index (χ0v) is 17.3. The van der Waals surface area contributed by atoms with Crippen molar-refractivity contribution in [2.24, 2.45) is 5.92 Å². The van der Waals surface area contributed by atoms with Crippen LogP contribution in [0.25, 0.3) is 0 Å². The number of rotatable bonds is 6. The van der Waals surface area contributed by atoms with Gasteiger partial charge in [0, 0.05) is 36.8 Å². The number of nitrogens with one attached hydrogen (secondary N) is 1. The fraction of sp³-hybridized carbons (Fsp3) is 0.650. The molecule has 28 heavy (non-hydrogen) atoms. The van der Waals surface area contributed by atoms with Crippen molar-refractivity contribution >= 4 is 12.0 Å². The van der Waals surface area contributed by atoms with E-state index in [1.807, 2.05) is 13.8 Å². The van der Waals surface area contributed by atoms with E-state index in [0.29, 0.717) is 18.0 Å². The highest BCUT2D eigenvalue weighted by atomic mass is 16.6. The third kappa shape index (κ3) is 6.37. The van der Waals surface area contributed by atoms with Gasteiger partial charge in [0.25, 0.3) is 5.91 Å². The molecule has 1 aromatic heterocycles. The van der Waals surface area contributed by atoms with Crippen LogP contribution >= 0.6 is 0 Å². The quantitative estimate of drug-likeness (QED) is 0.769. The van der Waals surface area contributed by atoms with Gasteiger partial charge in [-0.3, -0.25) is 4.79 Å². The van der Waals surface area contributed by atoms with Crippen molar-refractivity contribution in [2.75, 3.05) is 19.6 Å². The van der Waals surface area contributed by atoms with Crippen LogP contribution in [0.1, 0.15) is 51.4 Å². The summed E-state index contributed by atoms with van der Waals surface area (Å²) < 4.78 is 11.0. The van der Waals surface area contributed by atoms with E-state index in [9.17, 15) is 14.7 Å². The predicted octanol–water partition coefficient (Wildman–Crippen LogP) is 2.22. The van der Waals surface area contributed by atoms with Gasteiger partial charge in [0.15, 0.2) is 0 Å². The first-order chi connectivity index (χ1) is 13.1. The third-order valence-corrected chi connectivity index (χ3v) is 4.48. The molecule has 1 aromatic rings. The Balaban J connectivity index is 1.89. The number of amides is 2. The second-order valence-electron chi connectivity index (χ2n) is 8.14. The number of pyridine rings is 1. The van der Waals surface area contributed by atoms with E-state index in [-0.39, 0.29) is 31.0 Å². The van der Waals surface area contributed by atoms with Gasteiger partial charge in [0.05, 0.1) is 18.8 Å². The fourth-order valence-electron chi connectivity index (χ4n) is 2.76. The molecule has 0 bridgehead atoms. The van der Waals surface area contributed by atoms with Gasteiger partial charge >= 0.3 is 6.09 Å². The molecule has 1 fully saturated rings. The van der Waals surface area contributed by atoms with Crippen LogP contribution in [-0.4, -0.2) is 64.4 Å². The molecule has 3 atom stereocenters. The Morgan fingerprint density at radius 2 is 2.11 bits per heavy atom. The molecule has 3 unspecified atom stereocenters. The number of aliphatic hydroxyl groups is 1. The molecular weight excluding hydrogens is 362 g/mol. The number of nitrogens with zero attached hydrogens (tertiary/aromatic N) is 2. The molecule has 0 spiro atoms. The fourth-order valence-corrected chi connectivity index (χ4v) is 2.76. The topological polar surface area (TPSA) is 101 Å². The molecule has 0 aliphatic carbocycles. The third-order valence-electron chi connectivity index (χ3n) is 4.48. The molecule has 2 heterocycles. The first-order valence-corrected chi connectivity index (χ1v) is 9.66. The minimum absolute atomic E-state index is 0.0123. The minimum Gasteiger partial charge on any atom is -0.475 e. The lowest BCUT2D eigenvalue weighted by Crippen LogP contribution is -2.36. The zero-order valence-electron chi connectivity index (χ0n) is 17.3. The molecule has 0 aromatic carbocycles. The molecule has 8 nitrogen and oxygen atoms in total. The van der Waals surface area contributed by atoms with Crippen LogP contribution in [0.2, 0.25) is 0 Å². The van der Waals surface area contributed by atoms with Crippen LogP contribution in [0, 0.1) is 5.92 Å². The van der Waals surface area contributed by atoms with E-state index in [0.717, 1.165) is 6.42 Å². The summed E-state index contributed by atoms with van der Waals surface area (Å²) in [6, 6.07) is 3.20. The summed E-state index contributed by atoms with van der Waals surface area (Å²) >= 11 is 0. The Morgan fingerprint density at radius 3 is 2.75 bits per heavy atom. The van der Waals surface area contributed by atoms with Crippen LogP contribution in [0.15, 0.2) is 18.3 Å². The van der Waals surface area contributed by atoms with Crippen molar-refractivity contribution in [3.8, 4) is 5.88 Å². The molecule has 2 N–H and O–H groups in total. The summed E-state index contributed by atoms with van der Waals surface area (Å²) in [5.74, 6) is -0.132. The molecular formula is C20H31N3O5. The summed E-state index contributed by atoms with van der Waals surface area (Å²) in [5, 5.41) is 13.0. The smallest absolute Gasteiger partial charge is 0.410 e. The average Bonchev–Trinajstić information content (AvgIpc) is 2.99. The lowest BCUT2D eigenvalue weighted by molar-refractivity contribution is 0.0269. The molecule has 8 heteroatoms. The monoisotopic (exact) mass is 393 g/mol. The Morgan fingerprint density at radius 1 is 1.39 bits per heavy atom. The molecule has 2 amide bonds. The minimum atomic E-state index is -0.713. The van der Waals surface area contributed by atoms with Crippen molar-refractivity contribution in [2.45, 2.75) is 58.8 Å². The van der Waals surface area contributed by atoms with E-state index in [2.05, 4.69) is 10.3 Å². The summed E-state index contributed by atoms with van der Waals surface area (Å²) in [7, 11) is 0. The van der Waals surface area contributed by atoms with E-state index in [4.69, 9.17) is 9.47 Å². The number of aliphatic hydroxyl groups excluding tert-OH is 1. The summed E-state index contributed by atoms with van der Waals surface area (Å²) in [6.45, 7) is 10.1. The van der Waals surface area contributed by atoms with Crippen LogP contribution in [0.5, 0.6) is 5.88 Å². The summed E-state index contributed by atoms with van der Waals surface area (Å²) in [5.41, 5.74) is -0.158. The van der Waals surface area contributed by atoms with E-state index >= 15 is 0 Å². The highest BCUT2D eigenvalue weighted by molar-refractivity contribution is 5.94. The number of carbonyl (C=O) groups excluding carboxylic acids is 2. The molecule has 2 rings (SSSR count). The standard InChI is InChI=1S/C20H31N3O5/c1-6-13(2)27-17-9-14(7-8-21-17)18(25)22-10-15-11-23(12-16(15)24)19(26)28-20(3,4)5/h7-9,13,15-16,24H,6,10-12H2,1-5H3,(H,22,25). The van der Waals surface area contributed by atoms with Gasteiger partial charge in [0.1, 0.15) is 5.60 Å². The first kappa shape index (κ1) is 21.9. The number of β-amino-alcohol motifs (C(OH)–C–C–N with tert-alkyl or cyclic N) is 1. The van der Waals surface area contributed by atoms with E-state index in [1.165, 1.54) is 11.1 Å². The van der Waals surface area contributed by atoms with Gasteiger partial charge in [-0.05, 0) is 40.2 Å². The number of hydrogen-bond donors (Lipinski definition) is 2. The van der Waals surface area contributed by atoms with Gasteiger partial charge in [-0.2, -0.15) is 0 Å². The molecule has 1 saturated heterocycles. The normalized spacial score (nSPS) is 20.6. The van der Waals surface area contributed by atoms with Gasteiger partial charge in [-0.1, -0.05) is 6.92 Å². The van der Waals surface area contributed by atoms with Crippen molar-refractivity contribution in [1.82, 2.24) is 15.2 Å². The molecule has 0 radical (unpaired) electrons. The Hall–Kier alpha value is -2.35. The lowest BCUT2D eigenvalue weighted by Gasteiger charge is -2.24. The van der Waals surface area contributed by atoms with Gasteiger partial charge in [-0.25, -0.2) is 9.78 Å². The molecule has 156 valence electrons. The SMILES string of the molecule is CCC(C)Oc1cc(C(=O)NCC2CN(C(=O)OC(C)(C)C)CC2O)ccn1. The highest BCUT2D eigenvalue weighted by Crippen LogP contribution is 2.20. The average molecular weight is 393 g/mol. The van der Waals surface area contributed by atoms with Crippen molar-refractivity contribution in [3.63, 3.8) is 0 Å². The Bertz CT molecular complexity index is 689. The zero-order chi connectivity index (χ0) is 20.9. The number of aromatic nitrogens is 1. The first-order valence-electron chi connectivity index (χ1n) is 9.66. The van der Waals surface area contributed by atoms with E-state index < -0.39 is 17.8 Å². The Kier molecular flexibility index (Phi) is 7.23. The number of ether oxygens (including phenoxy) is 2. The second kappa shape index (κ2) is 9.23. The Labute approximate surface area is 166 Å². The predicted molar refractivity (Wildman–Crippen MR) is 104 cm³/mol. The summed E-state index contributed by atoms with van der Waals surface area (Å²) in [4.78, 5) is 30.2. The van der Waals surface area contributed by atoms with Crippen molar-refractivity contribution in [1.29, 1.82) is 0 Å². The maximum Gasteiger partial charge on any atom is 0.410 e. The maximum atomic E-state index is 12.4. The van der Waals surface area contributed by atoms with Crippen LogP contribution in [0.3, 0.4) is 0 Å². The van der Waals surface area contributed by atoms with Crippen LogP contribution in [-0.2, 0) is 4.74 Å².